The molecule has 3 aromatic rings. The highest BCUT2D eigenvalue weighted by Gasteiger charge is 2.48. The fourth-order valence-electron chi connectivity index (χ4n) is 8.67. The molecule has 0 amide bonds. The molecule has 0 aromatic heterocycles. The molecule has 2 unspecified atom stereocenters. The Labute approximate surface area is 292 Å². The van der Waals surface area contributed by atoms with E-state index < -0.39 is 11.7 Å². The van der Waals surface area contributed by atoms with Crippen LogP contribution < -0.4 is 10.1 Å². The van der Waals surface area contributed by atoms with Gasteiger partial charge in [0.2, 0.25) is 0 Å². The predicted octanol–water partition coefficient (Wildman–Crippen LogP) is 6.05. The van der Waals surface area contributed by atoms with Gasteiger partial charge in [0.05, 0.1) is 45.6 Å². The van der Waals surface area contributed by atoms with Crippen LogP contribution in [0.4, 0.5) is 0 Å². The minimum Gasteiger partial charge on any atom is -0.508 e. The Morgan fingerprint density at radius 3 is 2.41 bits per heavy atom. The molecule has 1 aliphatic carbocycles. The summed E-state index contributed by atoms with van der Waals surface area (Å²) < 4.78 is 14.1. The molecule has 266 valence electrons. The molecule has 4 atom stereocenters. The molecule has 4 fully saturated rings. The van der Waals surface area contributed by atoms with Crippen LogP contribution in [-0.4, -0.2) is 77.0 Å². The lowest BCUT2D eigenvalue weighted by molar-refractivity contribution is -0.946. The van der Waals surface area contributed by atoms with Gasteiger partial charge in [0, 0.05) is 43.3 Å². The number of nitrogens with one attached hydrogen (secondary N) is 1. The summed E-state index contributed by atoms with van der Waals surface area (Å²) in [5.41, 5.74) is 3.35. The third-order valence-electron chi connectivity index (χ3n) is 11.9. The Hall–Kier alpha value is -2.98. The predicted molar refractivity (Wildman–Crippen MR) is 191 cm³/mol. The van der Waals surface area contributed by atoms with E-state index in [-0.39, 0.29) is 30.4 Å². The Morgan fingerprint density at radius 2 is 1.69 bits per heavy atom. The maximum atomic E-state index is 12.0. The van der Waals surface area contributed by atoms with Crippen molar-refractivity contribution in [3.8, 4) is 11.5 Å². The van der Waals surface area contributed by atoms with Gasteiger partial charge in [-0.3, -0.25) is 0 Å². The Bertz CT molecular complexity index is 1500. The molecule has 0 radical (unpaired) electrons. The van der Waals surface area contributed by atoms with Crippen LogP contribution in [0.5, 0.6) is 11.5 Å². The summed E-state index contributed by atoms with van der Waals surface area (Å²) in [5, 5.41) is 45.3. The molecule has 7 rings (SSSR count). The number of aromatic hydroxyl groups is 1. The summed E-state index contributed by atoms with van der Waals surface area (Å²) in [6.45, 7) is 9.81. The van der Waals surface area contributed by atoms with E-state index >= 15 is 0 Å². The second-order valence-electron chi connectivity index (χ2n) is 15.1. The van der Waals surface area contributed by atoms with Crippen molar-refractivity contribution in [2.24, 2.45) is 11.8 Å². The average molecular weight is 674 g/mol. The van der Waals surface area contributed by atoms with Crippen molar-refractivity contribution in [1.82, 2.24) is 5.32 Å². The number of phenols is 1. The molecule has 49 heavy (non-hydrogen) atoms. The number of quaternary nitrogens is 1. The Balaban J connectivity index is 0.972. The maximum Gasteiger partial charge on any atom is 0.122 e. The van der Waals surface area contributed by atoms with Gasteiger partial charge in [-0.25, -0.2) is 0 Å². The van der Waals surface area contributed by atoms with Gasteiger partial charge in [-0.2, -0.15) is 0 Å². The van der Waals surface area contributed by atoms with Crippen LogP contribution in [0.1, 0.15) is 91.8 Å². The van der Waals surface area contributed by atoms with Gasteiger partial charge in [0.25, 0.3) is 0 Å². The molecule has 3 saturated heterocycles. The number of rotatable bonds is 16. The molecule has 4 aliphatic rings. The number of piperidine rings is 3. The first-order valence-electron chi connectivity index (χ1n) is 18.5. The summed E-state index contributed by atoms with van der Waals surface area (Å²) in [5.74, 6) is 1.79. The first kappa shape index (κ1) is 35.8. The minimum absolute atomic E-state index is 0.0201. The van der Waals surface area contributed by atoms with Crippen LogP contribution in [0.3, 0.4) is 0 Å². The largest absolute Gasteiger partial charge is 0.508 e. The second kappa shape index (κ2) is 15.9. The van der Waals surface area contributed by atoms with Gasteiger partial charge in [0.15, 0.2) is 0 Å². The monoisotopic (exact) mass is 673 g/mol. The van der Waals surface area contributed by atoms with Gasteiger partial charge in [-0.05, 0) is 73.1 Å². The molecule has 1 saturated carbocycles. The number of hydrogen-bond acceptors (Lipinski definition) is 7. The van der Waals surface area contributed by atoms with E-state index in [1.54, 1.807) is 12.1 Å². The first-order chi connectivity index (χ1) is 23.7. The van der Waals surface area contributed by atoms with Crippen molar-refractivity contribution in [2.75, 3.05) is 45.9 Å². The molecule has 3 aromatic carbocycles. The smallest absolute Gasteiger partial charge is 0.122 e. The highest BCUT2D eigenvalue weighted by atomic mass is 16.5. The molecule has 8 heteroatoms. The van der Waals surface area contributed by atoms with Crippen molar-refractivity contribution in [1.29, 1.82) is 0 Å². The van der Waals surface area contributed by atoms with Crippen LogP contribution in [0.25, 0.3) is 0 Å². The van der Waals surface area contributed by atoms with E-state index in [0.717, 1.165) is 59.3 Å². The number of benzene rings is 3. The molecule has 0 spiro atoms. The van der Waals surface area contributed by atoms with Gasteiger partial charge in [0.1, 0.15) is 29.7 Å². The van der Waals surface area contributed by atoms with Crippen molar-refractivity contribution in [2.45, 2.75) is 89.3 Å². The fourth-order valence-corrected chi connectivity index (χ4v) is 8.67. The summed E-state index contributed by atoms with van der Waals surface area (Å²) in [7, 11) is 0. The fraction of sp³-hybridized carbons (Fsp3) is 0.561. The first-order valence-corrected chi connectivity index (χ1v) is 18.5. The normalized spacial score (nSPS) is 24.8. The number of ether oxygens (including phenoxy) is 2. The van der Waals surface area contributed by atoms with Crippen molar-refractivity contribution >= 4 is 0 Å². The van der Waals surface area contributed by atoms with E-state index in [0.29, 0.717) is 36.8 Å². The zero-order chi connectivity index (χ0) is 34.4. The lowest BCUT2D eigenvalue weighted by Gasteiger charge is -2.53. The van der Waals surface area contributed by atoms with E-state index in [2.05, 4.69) is 43.4 Å². The molecule has 5 N–H and O–H groups in total. The number of aliphatic hydroxyl groups excluding tert-OH is 2. The zero-order valence-electron chi connectivity index (χ0n) is 29.4. The average Bonchev–Trinajstić information content (AvgIpc) is 3.69. The van der Waals surface area contributed by atoms with E-state index in [1.807, 2.05) is 24.3 Å². The number of nitrogens with zero attached hydrogens (tertiary/aromatic N) is 1. The van der Waals surface area contributed by atoms with Crippen LogP contribution in [0.2, 0.25) is 0 Å². The Morgan fingerprint density at radius 1 is 0.959 bits per heavy atom. The minimum atomic E-state index is -0.913. The molecular weight excluding hydrogens is 616 g/mol. The van der Waals surface area contributed by atoms with Crippen LogP contribution in [-0.2, 0) is 16.9 Å². The third-order valence-corrected chi connectivity index (χ3v) is 11.9. The van der Waals surface area contributed by atoms with Crippen molar-refractivity contribution in [3.05, 3.63) is 94.5 Å². The van der Waals surface area contributed by atoms with E-state index in [9.17, 15) is 20.4 Å². The Kier molecular flexibility index (Phi) is 11.6. The molecule has 2 bridgehead atoms. The number of hydrogen-bond donors (Lipinski definition) is 5. The standard InChI is InChI=1S/C41H56N2O6/c1-29-23-32(30(2)42-25-38(46)33-13-15-37(45)34(24-33)27-44)14-16-39(29)48-22-8-19-43-20-17-31(18-21-43)40(26-43)49-28-41(47,36-11-6-7-12-36)35-9-4-3-5-10-35/h3-5,9-10,13-16,23-24,30-31,36,38,40,42,44,46-47H,6-8,11-12,17-22,25-28H2,1-2H3/p+1/t30?,31?,38-,40-,41?,43?/m0/s1. The van der Waals surface area contributed by atoms with Gasteiger partial charge >= 0.3 is 0 Å². The molecule has 8 nitrogen and oxygen atoms in total. The zero-order valence-corrected chi connectivity index (χ0v) is 29.4. The summed E-state index contributed by atoms with van der Waals surface area (Å²) in [6.07, 6.45) is 7.34. The number of aryl methyl sites for hydroxylation is 1. The lowest BCUT2D eigenvalue weighted by atomic mass is 9.80. The van der Waals surface area contributed by atoms with E-state index in [4.69, 9.17) is 9.47 Å². The summed E-state index contributed by atoms with van der Waals surface area (Å²) in [6, 6.07) is 21.3. The SMILES string of the molecule is Cc1cc(C(C)NC[C@H](O)c2ccc(O)c(CO)c2)ccc1OCCC[N+]12CCC(CC1)[C@@H](OCC(O)(c1ccccc1)C1CCCC1)C2. The summed E-state index contributed by atoms with van der Waals surface area (Å²) in [4.78, 5) is 0. The van der Waals surface area contributed by atoms with Crippen LogP contribution >= 0.6 is 0 Å². The van der Waals surface area contributed by atoms with Crippen molar-refractivity contribution < 1.29 is 34.4 Å². The lowest BCUT2D eigenvalue weighted by Crippen LogP contribution is -2.65. The third kappa shape index (κ3) is 8.33. The highest BCUT2D eigenvalue weighted by Crippen LogP contribution is 2.43. The van der Waals surface area contributed by atoms with Gasteiger partial charge in [-0.15, -0.1) is 0 Å². The number of fused-ring (bicyclic) bond motifs is 3. The molecule has 3 heterocycles. The second-order valence-corrected chi connectivity index (χ2v) is 15.1. The van der Waals surface area contributed by atoms with E-state index in [1.165, 1.54) is 44.8 Å². The maximum absolute atomic E-state index is 12.0. The van der Waals surface area contributed by atoms with Crippen LogP contribution in [0.15, 0.2) is 66.7 Å². The molecular formula is C41H57N2O6+. The highest BCUT2D eigenvalue weighted by molar-refractivity contribution is 5.38. The summed E-state index contributed by atoms with van der Waals surface area (Å²) >= 11 is 0. The molecule has 3 aliphatic heterocycles. The van der Waals surface area contributed by atoms with Crippen molar-refractivity contribution in [3.63, 3.8) is 0 Å². The topological polar surface area (TPSA) is 111 Å². The quantitative estimate of drug-likeness (QED) is 0.0931. The van der Waals surface area contributed by atoms with Gasteiger partial charge in [-0.1, -0.05) is 61.4 Å². The number of aliphatic hydroxyl groups is 3. The van der Waals surface area contributed by atoms with Crippen LogP contribution in [0, 0.1) is 18.8 Å². The van der Waals surface area contributed by atoms with Gasteiger partial charge < -0.3 is 39.7 Å².